The lowest BCUT2D eigenvalue weighted by atomic mass is 10.3. The van der Waals surface area contributed by atoms with Crippen molar-refractivity contribution in [1.82, 2.24) is 4.90 Å². The fraction of sp³-hybridized carbons (Fsp3) is 0.333. The van der Waals surface area contributed by atoms with Crippen LogP contribution in [0.4, 0.5) is 5.69 Å². The third-order valence-corrected chi connectivity index (χ3v) is 3.93. The highest BCUT2D eigenvalue weighted by atomic mass is 32.2. The first-order valence-electron chi connectivity index (χ1n) is 5.40. The van der Waals surface area contributed by atoms with E-state index in [4.69, 9.17) is 0 Å². The van der Waals surface area contributed by atoms with E-state index >= 15 is 0 Å². The van der Waals surface area contributed by atoms with Gasteiger partial charge in [0.05, 0.1) is 5.69 Å². The number of para-hydroxylation sites is 1. The normalized spacial score (nSPS) is 19.1. The first-order chi connectivity index (χ1) is 8.29. The molecule has 0 unspecified atom stereocenters. The van der Waals surface area contributed by atoms with Gasteiger partial charge in [-0.15, -0.1) is 0 Å². The van der Waals surface area contributed by atoms with E-state index in [2.05, 4.69) is 21.9 Å². The molecule has 5 heteroatoms. The molecule has 1 aromatic rings. The Morgan fingerprint density at radius 3 is 2.71 bits per heavy atom. The molecule has 0 amide bonds. The Kier molecular flexibility index (Phi) is 4.50. The zero-order valence-electron chi connectivity index (χ0n) is 9.96. The van der Waals surface area contributed by atoms with Gasteiger partial charge in [0.2, 0.25) is 0 Å². The molecule has 1 aliphatic heterocycles. The Balaban J connectivity index is 2.19. The maximum Gasteiger partial charge on any atom is 0.190 e. The Morgan fingerprint density at radius 2 is 2.12 bits per heavy atom. The van der Waals surface area contributed by atoms with Crippen molar-refractivity contribution < 1.29 is 0 Å². The van der Waals surface area contributed by atoms with E-state index in [0.29, 0.717) is 0 Å². The number of rotatable bonds is 1. The van der Waals surface area contributed by atoms with E-state index in [9.17, 15) is 0 Å². The van der Waals surface area contributed by atoms with Crippen LogP contribution in [-0.4, -0.2) is 40.8 Å². The highest BCUT2D eigenvalue weighted by molar-refractivity contribution is 8.15. The van der Waals surface area contributed by atoms with E-state index in [1.54, 1.807) is 23.5 Å². The summed E-state index contributed by atoms with van der Waals surface area (Å²) in [5.41, 5.74) is 0.951. The van der Waals surface area contributed by atoms with Gasteiger partial charge >= 0.3 is 0 Å². The Morgan fingerprint density at radius 1 is 1.35 bits per heavy atom. The summed E-state index contributed by atoms with van der Waals surface area (Å²) in [6.45, 7) is 1.07. The van der Waals surface area contributed by atoms with Crippen molar-refractivity contribution in [3.05, 3.63) is 30.3 Å². The minimum absolute atomic E-state index is 0.812. The van der Waals surface area contributed by atoms with Crippen molar-refractivity contribution in [1.29, 1.82) is 0 Å². The summed E-state index contributed by atoms with van der Waals surface area (Å²) in [5.74, 6) is 1.11. The lowest BCUT2D eigenvalue weighted by molar-refractivity contribution is 0.564. The molecule has 0 saturated carbocycles. The second-order valence-electron chi connectivity index (χ2n) is 3.60. The number of benzene rings is 1. The van der Waals surface area contributed by atoms with Crippen molar-refractivity contribution in [2.75, 3.05) is 25.6 Å². The quantitative estimate of drug-likeness (QED) is 0.577. The SMILES string of the molecule is CSC(=Nc1ccccc1)N=C1SCCN1C. The van der Waals surface area contributed by atoms with Gasteiger partial charge in [-0.3, -0.25) is 0 Å². The monoisotopic (exact) mass is 265 g/mol. The zero-order valence-corrected chi connectivity index (χ0v) is 11.6. The Hall–Kier alpha value is -0.940. The van der Waals surface area contributed by atoms with Gasteiger partial charge in [0.15, 0.2) is 10.3 Å². The summed E-state index contributed by atoms with van der Waals surface area (Å²) in [6, 6.07) is 9.94. The Labute approximate surface area is 110 Å². The molecule has 90 valence electrons. The van der Waals surface area contributed by atoms with Gasteiger partial charge in [0, 0.05) is 19.3 Å². The summed E-state index contributed by atoms with van der Waals surface area (Å²) < 4.78 is 0. The zero-order chi connectivity index (χ0) is 12.1. The second kappa shape index (κ2) is 6.12. The maximum absolute atomic E-state index is 4.59. The van der Waals surface area contributed by atoms with Crippen LogP contribution >= 0.6 is 23.5 Å². The summed E-state index contributed by atoms with van der Waals surface area (Å²) >= 11 is 3.36. The fourth-order valence-electron chi connectivity index (χ4n) is 1.41. The standard InChI is InChI=1S/C12H15N3S2/c1-15-8-9-17-12(15)14-11(16-2)13-10-6-4-3-5-7-10/h3-7H,8-9H2,1-2H3. The molecule has 0 spiro atoms. The fourth-order valence-corrected chi connectivity index (χ4v) is 2.85. The molecule has 1 heterocycles. The number of hydrogen-bond acceptors (Lipinski definition) is 3. The van der Waals surface area contributed by atoms with Gasteiger partial charge in [-0.25, -0.2) is 4.99 Å². The number of thioether (sulfide) groups is 2. The molecule has 0 aliphatic carbocycles. The first kappa shape index (κ1) is 12.5. The van der Waals surface area contributed by atoms with Crippen LogP contribution in [0.1, 0.15) is 0 Å². The van der Waals surface area contributed by atoms with Crippen molar-refractivity contribution >= 4 is 39.5 Å². The topological polar surface area (TPSA) is 28.0 Å². The van der Waals surface area contributed by atoms with Crippen LogP contribution in [0.3, 0.4) is 0 Å². The van der Waals surface area contributed by atoms with Crippen molar-refractivity contribution in [2.24, 2.45) is 9.98 Å². The Bertz CT molecular complexity index is 429. The third kappa shape index (κ3) is 3.51. The number of hydrogen-bond donors (Lipinski definition) is 0. The molecule has 1 saturated heterocycles. The molecule has 0 aromatic heterocycles. The molecule has 1 aliphatic rings. The van der Waals surface area contributed by atoms with Gasteiger partial charge in [-0.05, 0) is 18.4 Å². The molecule has 3 nitrogen and oxygen atoms in total. The lowest BCUT2D eigenvalue weighted by Gasteiger charge is -2.09. The summed E-state index contributed by atoms with van der Waals surface area (Å²) in [5, 5.41) is 1.88. The molecule has 2 rings (SSSR count). The van der Waals surface area contributed by atoms with E-state index < -0.39 is 0 Å². The van der Waals surface area contributed by atoms with Crippen LogP contribution in [-0.2, 0) is 0 Å². The minimum Gasteiger partial charge on any atom is -0.353 e. The van der Waals surface area contributed by atoms with Gasteiger partial charge in [0.25, 0.3) is 0 Å². The third-order valence-electron chi connectivity index (χ3n) is 2.34. The lowest BCUT2D eigenvalue weighted by Crippen LogP contribution is -2.19. The summed E-state index contributed by atoms with van der Waals surface area (Å²) in [7, 11) is 2.07. The molecule has 1 aromatic carbocycles. The van der Waals surface area contributed by atoms with E-state index in [-0.39, 0.29) is 0 Å². The average Bonchev–Trinajstić information content (AvgIpc) is 2.75. The van der Waals surface area contributed by atoms with Gasteiger partial charge in [-0.1, -0.05) is 41.7 Å². The summed E-state index contributed by atoms with van der Waals surface area (Å²) in [4.78, 5) is 11.3. The van der Waals surface area contributed by atoms with Crippen LogP contribution < -0.4 is 0 Å². The van der Waals surface area contributed by atoms with Crippen molar-refractivity contribution in [2.45, 2.75) is 0 Å². The first-order valence-corrected chi connectivity index (χ1v) is 7.61. The van der Waals surface area contributed by atoms with E-state index in [0.717, 1.165) is 28.3 Å². The van der Waals surface area contributed by atoms with Crippen LogP contribution in [0.15, 0.2) is 40.3 Å². The molecule has 0 bridgehead atoms. The molecule has 17 heavy (non-hydrogen) atoms. The van der Waals surface area contributed by atoms with Gasteiger partial charge < -0.3 is 4.90 Å². The highest BCUT2D eigenvalue weighted by Gasteiger charge is 2.15. The molecular weight excluding hydrogens is 250 g/mol. The number of aliphatic imine (C=N–C) groups is 2. The second-order valence-corrected chi connectivity index (χ2v) is 5.43. The van der Waals surface area contributed by atoms with E-state index in [1.165, 1.54) is 0 Å². The summed E-state index contributed by atoms with van der Waals surface area (Å²) in [6.07, 6.45) is 2.01. The predicted molar refractivity (Wildman–Crippen MR) is 79.6 cm³/mol. The van der Waals surface area contributed by atoms with Crippen molar-refractivity contribution in [3.63, 3.8) is 0 Å². The molecular formula is C12H15N3S2. The van der Waals surface area contributed by atoms with Crippen LogP contribution in [0, 0.1) is 0 Å². The van der Waals surface area contributed by atoms with Crippen LogP contribution in [0.25, 0.3) is 0 Å². The van der Waals surface area contributed by atoms with Gasteiger partial charge in [-0.2, -0.15) is 4.99 Å². The smallest absolute Gasteiger partial charge is 0.190 e. The number of nitrogens with zero attached hydrogens (tertiary/aromatic N) is 3. The largest absolute Gasteiger partial charge is 0.353 e. The minimum atomic E-state index is 0.812. The number of amidine groups is 2. The van der Waals surface area contributed by atoms with Crippen LogP contribution in [0.5, 0.6) is 0 Å². The van der Waals surface area contributed by atoms with Crippen LogP contribution in [0.2, 0.25) is 0 Å². The highest BCUT2D eigenvalue weighted by Crippen LogP contribution is 2.19. The molecule has 0 N–H and O–H groups in total. The molecule has 0 radical (unpaired) electrons. The average molecular weight is 265 g/mol. The maximum atomic E-state index is 4.59. The van der Waals surface area contributed by atoms with E-state index in [1.807, 2.05) is 36.6 Å². The van der Waals surface area contributed by atoms with Gasteiger partial charge in [0.1, 0.15) is 0 Å². The molecule has 1 fully saturated rings. The van der Waals surface area contributed by atoms with Crippen molar-refractivity contribution in [3.8, 4) is 0 Å². The molecule has 0 atom stereocenters. The predicted octanol–water partition coefficient (Wildman–Crippen LogP) is 3.07.